The molecule has 0 aromatic rings. The van der Waals surface area contributed by atoms with E-state index in [4.69, 9.17) is 0 Å². The molecule has 5 heteroatoms. The van der Waals surface area contributed by atoms with Crippen molar-refractivity contribution in [2.45, 2.75) is 47.1 Å². The lowest BCUT2D eigenvalue weighted by molar-refractivity contribution is -0.142. The highest BCUT2D eigenvalue weighted by Gasteiger charge is 2.35. The zero-order chi connectivity index (χ0) is 14.8. The minimum atomic E-state index is -0.987. The summed E-state index contributed by atoms with van der Waals surface area (Å²) < 4.78 is 0. The Morgan fingerprint density at radius 2 is 1.84 bits per heavy atom. The van der Waals surface area contributed by atoms with Gasteiger partial charge in [0.05, 0.1) is 0 Å². The Morgan fingerprint density at radius 1 is 1.26 bits per heavy atom. The molecule has 3 unspecified atom stereocenters. The van der Waals surface area contributed by atoms with Crippen LogP contribution in [0.1, 0.15) is 41.0 Å². The topological polar surface area (TPSA) is 69.6 Å². The Bertz CT molecular complexity index is 349. The normalized spacial score (nSPS) is 25.8. The Labute approximate surface area is 115 Å². The molecule has 1 aliphatic heterocycles. The van der Waals surface area contributed by atoms with E-state index < -0.39 is 17.4 Å². The van der Waals surface area contributed by atoms with Crippen LogP contribution in [0.3, 0.4) is 0 Å². The number of rotatable bonds is 2. The Morgan fingerprint density at radius 3 is 2.26 bits per heavy atom. The highest BCUT2D eigenvalue weighted by Crippen LogP contribution is 2.23. The predicted octanol–water partition coefficient (Wildman–Crippen LogP) is 2.17. The van der Waals surface area contributed by atoms with Gasteiger partial charge in [0.15, 0.2) is 0 Å². The number of nitrogens with one attached hydrogen (secondary N) is 1. The first kappa shape index (κ1) is 15.8. The number of hydrogen-bond acceptors (Lipinski definition) is 2. The fourth-order valence-corrected chi connectivity index (χ4v) is 2.31. The number of carboxylic acids is 1. The van der Waals surface area contributed by atoms with Gasteiger partial charge in [-0.2, -0.15) is 0 Å². The van der Waals surface area contributed by atoms with Crippen molar-refractivity contribution in [1.82, 2.24) is 10.2 Å². The summed E-state index contributed by atoms with van der Waals surface area (Å²) >= 11 is 0. The van der Waals surface area contributed by atoms with E-state index in [1.54, 1.807) is 4.90 Å². The van der Waals surface area contributed by atoms with Crippen molar-refractivity contribution in [2.24, 2.45) is 17.3 Å². The highest BCUT2D eigenvalue weighted by atomic mass is 16.4. The molecule has 0 aliphatic carbocycles. The van der Waals surface area contributed by atoms with Crippen LogP contribution in [-0.4, -0.2) is 41.1 Å². The van der Waals surface area contributed by atoms with Gasteiger partial charge in [0.25, 0.3) is 0 Å². The van der Waals surface area contributed by atoms with Crippen molar-refractivity contribution in [1.29, 1.82) is 0 Å². The number of carboxylic acid groups (broad SMARTS) is 1. The number of carbonyl (C=O) groups excluding carboxylic acids is 1. The lowest BCUT2D eigenvalue weighted by Crippen LogP contribution is -2.55. The molecule has 1 aliphatic rings. The average Bonchev–Trinajstić information content (AvgIpc) is 2.27. The summed E-state index contributed by atoms with van der Waals surface area (Å²) in [6, 6.07) is -1.13. The van der Waals surface area contributed by atoms with Crippen molar-refractivity contribution in [3.05, 3.63) is 0 Å². The summed E-state index contributed by atoms with van der Waals surface area (Å²) in [5.41, 5.74) is -0.504. The molecule has 0 aromatic heterocycles. The quantitative estimate of drug-likeness (QED) is 0.808. The number of carbonyl (C=O) groups is 2. The maximum Gasteiger partial charge on any atom is 0.326 e. The molecule has 0 radical (unpaired) electrons. The van der Waals surface area contributed by atoms with Gasteiger partial charge in [0, 0.05) is 13.1 Å². The summed E-state index contributed by atoms with van der Waals surface area (Å²) in [5.74, 6) is 0.0821. The third kappa shape index (κ3) is 4.11. The third-order valence-corrected chi connectivity index (χ3v) is 4.00. The Balaban J connectivity index is 2.66. The molecule has 1 rings (SSSR count). The number of hydrogen-bond donors (Lipinski definition) is 2. The van der Waals surface area contributed by atoms with Crippen molar-refractivity contribution in [3.63, 3.8) is 0 Å². The molecule has 1 fully saturated rings. The maximum atomic E-state index is 12.2. The molecule has 0 bridgehead atoms. The SMILES string of the molecule is CC1CCN(C(=O)NC(C(=O)O)C(C)(C)C)CC1C. The number of aliphatic carboxylic acids is 1. The molecular formula is C14H26N2O3. The first-order valence-electron chi connectivity index (χ1n) is 6.91. The molecule has 2 amide bonds. The number of piperidine rings is 1. The van der Waals surface area contributed by atoms with Crippen LogP contribution in [0.5, 0.6) is 0 Å². The maximum absolute atomic E-state index is 12.2. The smallest absolute Gasteiger partial charge is 0.326 e. The fourth-order valence-electron chi connectivity index (χ4n) is 2.31. The van der Waals surface area contributed by atoms with E-state index in [2.05, 4.69) is 19.2 Å². The summed E-state index contributed by atoms with van der Waals surface area (Å²) in [6.07, 6.45) is 0.974. The second-order valence-corrected chi connectivity index (χ2v) is 6.78. The van der Waals surface area contributed by atoms with Gasteiger partial charge >= 0.3 is 12.0 Å². The lowest BCUT2D eigenvalue weighted by Gasteiger charge is -2.37. The predicted molar refractivity (Wildman–Crippen MR) is 73.9 cm³/mol. The lowest BCUT2D eigenvalue weighted by atomic mass is 9.86. The Hall–Kier alpha value is -1.26. The number of likely N-dealkylation sites (tertiary alicyclic amines) is 1. The van der Waals surface area contributed by atoms with Gasteiger partial charge in [-0.15, -0.1) is 0 Å². The largest absolute Gasteiger partial charge is 0.480 e. The number of urea groups is 1. The summed E-state index contributed by atoms with van der Waals surface area (Å²) in [6.45, 7) is 11.2. The second kappa shape index (κ2) is 5.80. The first-order chi connectivity index (χ1) is 8.62. The van der Waals surface area contributed by atoms with Gasteiger partial charge in [-0.3, -0.25) is 0 Å². The molecule has 0 aromatic carbocycles. The zero-order valence-corrected chi connectivity index (χ0v) is 12.6. The average molecular weight is 270 g/mol. The fraction of sp³-hybridized carbons (Fsp3) is 0.857. The van der Waals surface area contributed by atoms with Crippen LogP contribution in [0.15, 0.2) is 0 Å². The molecule has 1 saturated heterocycles. The van der Waals surface area contributed by atoms with Crippen molar-refractivity contribution in [2.75, 3.05) is 13.1 Å². The van der Waals surface area contributed by atoms with E-state index in [1.165, 1.54) is 0 Å². The molecule has 2 N–H and O–H groups in total. The monoisotopic (exact) mass is 270 g/mol. The summed E-state index contributed by atoms with van der Waals surface area (Å²) in [7, 11) is 0. The van der Waals surface area contributed by atoms with Crippen LogP contribution >= 0.6 is 0 Å². The molecule has 5 nitrogen and oxygen atoms in total. The Kier molecular flexibility index (Phi) is 4.82. The van der Waals surface area contributed by atoms with Gasteiger partial charge in [0.1, 0.15) is 6.04 Å². The van der Waals surface area contributed by atoms with Crippen LogP contribution < -0.4 is 5.32 Å². The van der Waals surface area contributed by atoms with Gasteiger partial charge < -0.3 is 15.3 Å². The highest BCUT2D eigenvalue weighted by molar-refractivity contribution is 5.83. The standard InChI is InChI=1S/C14H26N2O3/c1-9-6-7-16(8-10(9)2)13(19)15-11(12(17)18)14(3,4)5/h9-11H,6-8H2,1-5H3,(H,15,19)(H,17,18). The first-order valence-corrected chi connectivity index (χ1v) is 6.91. The van der Waals surface area contributed by atoms with Gasteiger partial charge in [-0.05, 0) is 23.7 Å². The molecule has 110 valence electrons. The van der Waals surface area contributed by atoms with E-state index in [1.807, 2.05) is 20.8 Å². The second-order valence-electron chi connectivity index (χ2n) is 6.78. The molecule has 1 heterocycles. The van der Waals surface area contributed by atoms with Gasteiger partial charge in [0.2, 0.25) is 0 Å². The van der Waals surface area contributed by atoms with E-state index in [9.17, 15) is 14.7 Å². The summed E-state index contributed by atoms with van der Waals surface area (Å²) in [5, 5.41) is 11.9. The van der Waals surface area contributed by atoms with Crippen LogP contribution in [0.2, 0.25) is 0 Å². The molecule has 3 atom stereocenters. The molecular weight excluding hydrogens is 244 g/mol. The van der Waals surface area contributed by atoms with E-state index in [0.29, 0.717) is 24.9 Å². The minimum absolute atomic E-state index is 0.263. The van der Waals surface area contributed by atoms with Crippen LogP contribution in [0.25, 0.3) is 0 Å². The van der Waals surface area contributed by atoms with E-state index in [-0.39, 0.29) is 6.03 Å². The van der Waals surface area contributed by atoms with Crippen LogP contribution in [0, 0.1) is 17.3 Å². The summed E-state index contributed by atoms with van der Waals surface area (Å²) in [4.78, 5) is 25.1. The zero-order valence-electron chi connectivity index (χ0n) is 12.6. The van der Waals surface area contributed by atoms with E-state index in [0.717, 1.165) is 6.42 Å². The third-order valence-electron chi connectivity index (χ3n) is 4.00. The number of amides is 2. The molecule has 0 spiro atoms. The van der Waals surface area contributed by atoms with E-state index >= 15 is 0 Å². The van der Waals surface area contributed by atoms with Crippen molar-refractivity contribution >= 4 is 12.0 Å². The molecule has 0 saturated carbocycles. The van der Waals surface area contributed by atoms with Crippen LogP contribution in [0.4, 0.5) is 4.79 Å². The minimum Gasteiger partial charge on any atom is -0.480 e. The molecule has 19 heavy (non-hydrogen) atoms. The van der Waals surface area contributed by atoms with Crippen molar-refractivity contribution < 1.29 is 14.7 Å². The number of nitrogens with zero attached hydrogens (tertiary/aromatic N) is 1. The van der Waals surface area contributed by atoms with Crippen molar-refractivity contribution in [3.8, 4) is 0 Å². The van der Waals surface area contributed by atoms with Crippen LogP contribution in [-0.2, 0) is 4.79 Å². The van der Waals surface area contributed by atoms with Gasteiger partial charge in [-0.1, -0.05) is 34.6 Å². The van der Waals surface area contributed by atoms with Gasteiger partial charge in [-0.25, -0.2) is 9.59 Å².